The van der Waals surface area contributed by atoms with Crippen molar-refractivity contribution in [2.75, 3.05) is 19.6 Å². The van der Waals surface area contributed by atoms with Gasteiger partial charge in [0.2, 0.25) is 0 Å². The number of hydrogen-bond acceptors (Lipinski definition) is 4. The van der Waals surface area contributed by atoms with Gasteiger partial charge in [0.25, 0.3) is 5.91 Å². The Hall–Kier alpha value is -1.43. The number of hydrogen-bond donors (Lipinski definition) is 1. The zero-order valence-electron chi connectivity index (χ0n) is 12.0. The zero-order valence-corrected chi connectivity index (χ0v) is 12.0. The third-order valence-corrected chi connectivity index (χ3v) is 3.35. The smallest absolute Gasteiger partial charge is 0.276 e. The van der Waals surface area contributed by atoms with E-state index >= 15 is 0 Å². The molecule has 106 valence electrons. The SMILES string of the molecule is CC(C)CCn1cc(C(=O)N2CCNC(C)C2)nn1. The number of piperazine rings is 1. The van der Waals surface area contributed by atoms with Gasteiger partial charge in [-0.3, -0.25) is 9.48 Å². The average Bonchev–Trinajstić information content (AvgIpc) is 2.84. The van der Waals surface area contributed by atoms with E-state index in [9.17, 15) is 4.79 Å². The van der Waals surface area contributed by atoms with Crippen LogP contribution in [0.2, 0.25) is 0 Å². The summed E-state index contributed by atoms with van der Waals surface area (Å²) in [5.74, 6) is 0.613. The largest absolute Gasteiger partial charge is 0.334 e. The van der Waals surface area contributed by atoms with Gasteiger partial charge in [0.1, 0.15) is 0 Å². The van der Waals surface area contributed by atoms with Gasteiger partial charge in [-0.1, -0.05) is 19.1 Å². The van der Waals surface area contributed by atoms with Crippen LogP contribution in [0.4, 0.5) is 0 Å². The van der Waals surface area contributed by atoms with Crippen LogP contribution in [-0.4, -0.2) is 51.5 Å². The molecule has 1 aliphatic heterocycles. The predicted molar refractivity (Wildman–Crippen MR) is 72.8 cm³/mol. The van der Waals surface area contributed by atoms with E-state index in [0.29, 0.717) is 17.7 Å². The first-order chi connectivity index (χ1) is 9.06. The first-order valence-corrected chi connectivity index (χ1v) is 6.99. The molecule has 2 heterocycles. The normalized spacial score (nSPS) is 20.0. The van der Waals surface area contributed by atoms with Gasteiger partial charge in [-0.15, -0.1) is 5.10 Å². The van der Waals surface area contributed by atoms with E-state index in [1.807, 2.05) is 4.90 Å². The van der Waals surface area contributed by atoms with Gasteiger partial charge in [0.15, 0.2) is 5.69 Å². The second kappa shape index (κ2) is 6.14. The first-order valence-electron chi connectivity index (χ1n) is 6.99. The minimum absolute atomic E-state index is 0.0100. The lowest BCUT2D eigenvalue weighted by Gasteiger charge is -2.31. The Morgan fingerprint density at radius 3 is 3.05 bits per heavy atom. The van der Waals surface area contributed by atoms with E-state index in [0.717, 1.165) is 32.6 Å². The summed E-state index contributed by atoms with van der Waals surface area (Å²) in [6, 6.07) is 0.341. The number of carbonyl (C=O) groups is 1. The molecule has 0 saturated carbocycles. The topological polar surface area (TPSA) is 63.1 Å². The summed E-state index contributed by atoms with van der Waals surface area (Å²) in [5, 5.41) is 11.3. The van der Waals surface area contributed by atoms with Crippen molar-refractivity contribution in [1.82, 2.24) is 25.2 Å². The summed E-state index contributed by atoms with van der Waals surface area (Å²) in [6.07, 6.45) is 2.80. The molecule has 1 fully saturated rings. The van der Waals surface area contributed by atoms with Crippen molar-refractivity contribution < 1.29 is 4.79 Å². The highest BCUT2D eigenvalue weighted by atomic mass is 16.2. The van der Waals surface area contributed by atoms with Crippen molar-refractivity contribution >= 4 is 5.91 Å². The summed E-state index contributed by atoms with van der Waals surface area (Å²) in [4.78, 5) is 14.1. The lowest BCUT2D eigenvalue weighted by atomic mass is 10.1. The van der Waals surface area contributed by atoms with Gasteiger partial charge in [-0.25, -0.2) is 0 Å². The molecule has 0 spiro atoms. The second-order valence-corrected chi connectivity index (χ2v) is 5.66. The van der Waals surface area contributed by atoms with E-state index in [1.54, 1.807) is 10.9 Å². The minimum Gasteiger partial charge on any atom is -0.334 e. The molecule has 6 heteroatoms. The third kappa shape index (κ3) is 3.76. The molecule has 19 heavy (non-hydrogen) atoms. The van der Waals surface area contributed by atoms with Crippen LogP contribution in [-0.2, 0) is 6.54 Å². The van der Waals surface area contributed by atoms with Gasteiger partial charge < -0.3 is 10.2 Å². The highest BCUT2D eigenvalue weighted by Crippen LogP contribution is 2.07. The molecule has 1 aliphatic rings. The van der Waals surface area contributed by atoms with Gasteiger partial charge in [-0.05, 0) is 19.3 Å². The molecule has 0 bridgehead atoms. The average molecular weight is 265 g/mol. The Kier molecular flexibility index (Phi) is 4.52. The van der Waals surface area contributed by atoms with E-state index in [1.165, 1.54) is 0 Å². The summed E-state index contributed by atoms with van der Waals surface area (Å²) in [5.41, 5.74) is 0.456. The maximum Gasteiger partial charge on any atom is 0.276 e. The molecule has 1 atom stereocenters. The molecule has 6 nitrogen and oxygen atoms in total. The molecular weight excluding hydrogens is 242 g/mol. The van der Waals surface area contributed by atoms with Gasteiger partial charge in [0, 0.05) is 32.2 Å². The van der Waals surface area contributed by atoms with E-state index in [4.69, 9.17) is 0 Å². The van der Waals surface area contributed by atoms with Crippen LogP contribution in [0.5, 0.6) is 0 Å². The molecule has 1 aromatic rings. The van der Waals surface area contributed by atoms with Gasteiger partial charge >= 0.3 is 0 Å². The van der Waals surface area contributed by atoms with Crippen LogP contribution in [0.3, 0.4) is 0 Å². The number of amides is 1. The van der Waals surface area contributed by atoms with Crippen LogP contribution in [0.25, 0.3) is 0 Å². The van der Waals surface area contributed by atoms with Crippen LogP contribution in [0.15, 0.2) is 6.20 Å². The number of nitrogens with zero attached hydrogens (tertiary/aromatic N) is 4. The number of aryl methyl sites for hydroxylation is 1. The number of aromatic nitrogens is 3. The van der Waals surface area contributed by atoms with Gasteiger partial charge in [-0.2, -0.15) is 0 Å². The fraction of sp³-hybridized carbons (Fsp3) is 0.769. The molecule has 0 aliphatic carbocycles. The van der Waals surface area contributed by atoms with E-state index in [-0.39, 0.29) is 5.91 Å². The van der Waals surface area contributed by atoms with Crippen molar-refractivity contribution in [2.45, 2.75) is 39.8 Å². The minimum atomic E-state index is -0.0100. The molecule has 0 radical (unpaired) electrons. The maximum absolute atomic E-state index is 12.3. The Morgan fingerprint density at radius 1 is 1.58 bits per heavy atom. The zero-order chi connectivity index (χ0) is 13.8. The number of carbonyl (C=O) groups excluding carboxylic acids is 1. The van der Waals surface area contributed by atoms with Crippen molar-refractivity contribution in [3.8, 4) is 0 Å². The second-order valence-electron chi connectivity index (χ2n) is 5.66. The monoisotopic (exact) mass is 265 g/mol. The Balaban J connectivity index is 1.95. The Morgan fingerprint density at radius 2 is 2.37 bits per heavy atom. The fourth-order valence-electron chi connectivity index (χ4n) is 2.17. The lowest BCUT2D eigenvalue weighted by Crippen LogP contribution is -2.51. The number of rotatable bonds is 4. The standard InChI is InChI=1S/C13H23N5O/c1-10(2)4-6-18-9-12(15-16-18)13(19)17-7-5-14-11(3)8-17/h9-11,14H,4-8H2,1-3H3. The molecule has 1 aromatic heterocycles. The van der Waals surface area contributed by atoms with Gasteiger partial charge in [0.05, 0.1) is 6.20 Å². The van der Waals surface area contributed by atoms with E-state index < -0.39 is 0 Å². The maximum atomic E-state index is 12.3. The van der Waals surface area contributed by atoms with Crippen molar-refractivity contribution in [2.24, 2.45) is 5.92 Å². The highest BCUT2D eigenvalue weighted by molar-refractivity contribution is 5.92. The first kappa shape index (κ1) is 14.0. The van der Waals surface area contributed by atoms with Crippen LogP contribution >= 0.6 is 0 Å². The summed E-state index contributed by atoms with van der Waals surface area (Å²) in [7, 11) is 0. The molecule has 1 N–H and O–H groups in total. The quantitative estimate of drug-likeness (QED) is 0.873. The summed E-state index contributed by atoms with van der Waals surface area (Å²) in [6.45, 7) is 9.55. The summed E-state index contributed by atoms with van der Waals surface area (Å²) < 4.78 is 1.76. The molecule has 0 aromatic carbocycles. The summed E-state index contributed by atoms with van der Waals surface area (Å²) >= 11 is 0. The fourth-order valence-corrected chi connectivity index (χ4v) is 2.17. The third-order valence-electron chi connectivity index (χ3n) is 3.35. The number of nitrogens with one attached hydrogen (secondary N) is 1. The lowest BCUT2D eigenvalue weighted by molar-refractivity contribution is 0.0703. The predicted octanol–water partition coefficient (Wildman–Crippen LogP) is 0.758. The highest BCUT2D eigenvalue weighted by Gasteiger charge is 2.23. The van der Waals surface area contributed by atoms with Crippen molar-refractivity contribution in [1.29, 1.82) is 0 Å². The Bertz CT molecular complexity index is 428. The van der Waals surface area contributed by atoms with Crippen LogP contribution in [0, 0.1) is 5.92 Å². The Labute approximate surface area is 114 Å². The molecular formula is C13H23N5O. The van der Waals surface area contributed by atoms with Crippen molar-refractivity contribution in [3.63, 3.8) is 0 Å². The molecule has 1 saturated heterocycles. The van der Waals surface area contributed by atoms with Crippen LogP contribution < -0.4 is 5.32 Å². The van der Waals surface area contributed by atoms with Crippen LogP contribution in [0.1, 0.15) is 37.7 Å². The molecule has 2 rings (SSSR count). The molecule has 1 unspecified atom stereocenters. The van der Waals surface area contributed by atoms with Crippen molar-refractivity contribution in [3.05, 3.63) is 11.9 Å². The van der Waals surface area contributed by atoms with E-state index in [2.05, 4.69) is 36.4 Å². The molecule has 1 amide bonds.